The molecule has 2 aromatic rings. The maximum Gasteiger partial charge on any atom is 0.534 e. The molecule has 1 amide bonds. The van der Waals surface area contributed by atoms with Gasteiger partial charge in [-0.3, -0.25) is 14.7 Å². The van der Waals surface area contributed by atoms with Gasteiger partial charge in [-0.15, -0.1) is 0 Å². The summed E-state index contributed by atoms with van der Waals surface area (Å²) in [4.78, 5) is 19.7. The lowest BCUT2D eigenvalue weighted by Gasteiger charge is -2.28. The third-order valence-corrected chi connectivity index (χ3v) is 7.16. The summed E-state index contributed by atoms with van der Waals surface area (Å²) in [5, 5.41) is -0.494. The first-order valence-electron chi connectivity index (χ1n) is 11.4. The fraction of sp³-hybridized carbons (Fsp3) is 0.417. The quantitative estimate of drug-likeness (QED) is 0.184. The smallest absolute Gasteiger partial charge is 0.374 e. The van der Waals surface area contributed by atoms with Gasteiger partial charge in [0.05, 0.1) is 10.7 Å². The Kier molecular flexibility index (Phi) is 9.19. The average Bonchev–Trinajstić information content (AvgIpc) is 2.82. The number of hydrogen-bond acceptors (Lipinski definition) is 6. The number of carbonyl (C=O) groups excluding carboxylic acids is 1. The van der Waals surface area contributed by atoms with Crippen LogP contribution in [0.1, 0.15) is 41.6 Å². The Morgan fingerprint density at radius 3 is 2.65 bits per heavy atom. The second-order valence-electron chi connectivity index (χ2n) is 8.74. The Morgan fingerprint density at radius 2 is 1.97 bits per heavy atom. The van der Waals surface area contributed by atoms with E-state index in [9.17, 15) is 30.8 Å². The molecule has 7 nitrogen and oxygen atoms in total. The van der Waals surface area contributed by atoms with E-state index in [0.29, 0.717) is 19.4 Å². The minimum Gasteiger partial charge on any atom is -0.374 e. The van der Waals surface area contributed by atoms with E-state index in [1.165, 1.54) is 12.1 Å². The molecule has 202 valence electrons. The van der Waals surface area contributed by atoms with Crippen LogP contribution in [0, 0.1) is 0 Å². The topological polar surface area (TPSA) is 79.8 Å². The summed E-state index contributed by atoms with van der Waals surface area (Å²) in [7, 11) is -2.47. The highest BCUT2D eigenvalue weighted by molar-refractivity contribution is 7.88. The van der Waals surface area contributed by atoms with Gasteiger partial charge >= 0.3 is 15.6 Å². The molecule has 2 heterocycles. The van der Waals surface area contributed by atoms with Gasteiger partial charge in [0, 0.05) is 39.8 Å². The molecule has 0 atom stereocenters. The number of unbranched alkanes of at least 4 members (excludes halogenated alkanes) is 1. The van der Waals surface area contributed by atoms with Gasteiger partial charge in [0.15, 0.2) is 5.75 Å². The predicted molar refractivity (Wildman–Crippen MR) is 132 cm³/mol. The SMILES string of the molecule is CN(C)C(=O)CCCCN1CCc2cc(C(F)=Cc3cccc(OS(=O)(=O)C(F)(F)F)c3Cl)ncc2C1. The van der Waals surface area contributed by atoms with Crippen molar-refractivity contribution in [2.75, 3.05) is 27.2 Å². The molecule has 0 saturated heterocycles. The zero-order chi connectivity index (χ0) is 27.4. The van der Waals surface area contributed by atoms with Gasteiger partial charge in [-0.05, 0) is 60.7 Å². The zero-order valence-corrected chi connectivity index (χ0v) is 21.8. The van der Waals surface area contributed by atoms with E-state index in [4.69, 9.17) is 11.6 Å². The summed E-state index contributed by atoms with van der Waals surface area (Å²) in [6, 6.07) is 5.04. The van der Waals surface area contributed by atoms with Crippen molar-refractivity contribution in [2.45, 2.75) is 37.7 Å². The first-order valence-corrected chi connectivity index (χ1v) is 13.1. The van der Waals surface area contributed by atoms with Crippen molar-refractivity contribution in [3.63, 3.8) is 0 Å². The molecule has 1 aliphatic heterocycles. The summed E-state index contributed by atoms with van der Waals surface area (Å²) in [6.45, 7) is 2.24. The Bertz CT molecular complexity index is 1280. The van der Waals surface area contributed by atoms with Gasteiger partial charge in [-0.2, -0.15) is 21.6 Å². The first kappa shape index (κ1) is 28.9. The summed E-state index contributed by atoms with van der Waals surface area (Å²) in [5.74, 6) is -1.47. The molecule has 0 saturated carbocycles. The van der Waals surface area contributed by atoms with E-state index in [1.807, 2.05) is 0 Å². The van der Waals surface area contributed by atoms with Crippen molar-refractivity contribution in [3.05, 3.63) is 57.9 Å². The zero-order valence-electron chi connectivity index (χ0n) is 20.2. The van der Waals surface area contributed by atoms with Gasteiger partial charge in [0.25, 0.3) is 0 Å². The Hall–Kier alpha value is -2.70. The van der Waals surface area contributed by atoms with Crippen molar-refractivity contribution in [3.8, 4) is 5.75 Å². The normalized spacial score (nSPS) is 14.8. The second-order valence-corrected chi connectivity index (χ2v) is 10.7. The molecule has 0 spiro atoms. The van der Waals surface area contributed by atoms with Crippen molar-refractivity contribution < 1.29 is 35.0 Å². The van der Waals surface area contributed by atoms with Crippen LogP contribution in [0.4, 0.5) is 17.6 Å². The number of amides is 1. The van der Waals surface area contributed by atoms with Crippen LogP contribution in [0.2, 0.25) is 5.02 Å². The van der Waals surface area contributed by atoms with Gasteiger partial charge in [-0.1, -0.05) is 23.7 Å². The number of nitrogens with zero attached hydrogens (tertiary/aromatic N) is 3. The molecule has 0 N–H and O–H groups in total. The van der Waals surface area contributed by atoms with E-state index in [1.54, 1.807) is 31.3 Å². The maximum atomic E-state index is 15.0. The Morgan fingerprint density at radius 1 is 1.24 bits per heavy atom. The van der Waals surface area contributed by atoms with Crippen LogP contribution in [-0.2, 0) is 27.9 Å². The van der Waals surface area contributed by atoms with E-state index < -0.39 is 32.2 Å². The standard InChI is InChI=1S/C24H26ClF4N3O4S/c1-31(2)22(33)8-3-4-10-32-11-9-16-13-20(30-14-18(16)15-32)19(26)12-17-6-5-7-21(23(17)25)36-37(34,35)24(27,28)29/h5-7,12-14H,3-4,8-11,15H2,1-2H3. The number of hydrogen-bond donors (Lipinski definition) is 0. The third-order valence-electron chi connectivity index (χ3n) is 5.79. The number of alkyl halides is 3. The monoisotopic (exact) mass is 563 g/mol. The number of carbonyl (C=O) groups is 1. The second kappa shape index (κ2) is 11.8. The van der Waals surface area contributed by atoms with E-state index in [0.717, 1.165) is 49.2 Å². The van der Waals surface area contributed by atoms with Crippen LogP contribution in [0.25, 0.3) is 11.9 Å². The number of halogens is 5. The van der Waals surface area contributed by atoms with E-state index >= 15 is 0 Å². The van der Waals surface area contributed by atoms with Crippen molar-refractivity contribution in [2.24, 2.45) is 0 Å². The van der Waals surface area contributed by atoms with Crippen LogP contribution in [0.15, 0.2) is 30.5 Å². The molecular weight excluding hydrogens is 538 g/mol. The Balaban J connectivity index is 1.68. The predicted octanol–water partition coefficient (Wildman–Crippen LogP) is 5.05. The van der Waals surface area contributed by atoms with E-state index in [-0.39, 0.29) is 17.2 Å². The molecule has 0 aliphatic carbocycles. The van der Waals surface area contributed by atoms with E-state index in [2.05, 4.69) is 14.1 Å². The van der Waals surface area contributed by atoms with Gasteiger partial charge in [-0.25, -0.2) is 4.39 Å². The Labute approximate surface area is 217 Å². The highest BCUT2D eigenvalue weighted by atomic mass is 35.5. The summed E-state index contributed by atoms with van der Waals surface area (Å²) in [5.41, 5.74) is -3.82. The number of pyridine rings is 1. The molecular formula is C24H26ClF4N3O4S. The van der Waals surface area contributed by atoms with Crippen molar-refractivity contribution in [1.29, 1.82) is 0 Å². The molecule has 13 heteroatoms. The van der Waals surface area contributed by atoms with Crippen LogP contribution >= 0.6 is 11.6 Å². The lowest BCUT2D eigenvalue weighted by Crippen LogP contribution is -2.31. The summed E-state index contributed by atoms with van der Waals surface area (Å²) < 4.78 is 79.5. The minimum atomic E-state index is -5.93. The number of rotatable bonds is 9. The van der Waals surface area contributed by atoms with Crippen LogP contribution in [0.5, 0.6) is 5.75 Å². The maximum absolute atomic E-state index is 15.0. The lowest BCUT2D eigenvalue weighted by molar-refractivity contribution is -0.128. The third kappa shape index (κ3) is 7.42. The number of benzene rings is 1. The van der Waals surface area contributed by atoms with Crippen LogP contribution in [-0.4, -0.2) is 61.8 Å². The fourth-order valence-electron chi connectivity index (χ4n) is 3.74. The highest BCUT2D eigenvalue weighted by Crippen LogP contribution is 2.35. The lowest BCUT2D eigenvalue weighted by atomic mass is 10.00. The van der Waals surface area contributed by atoms with Gasteiger partial charge in [0.1, 0.15) is 5.83 Å². The molecule has 0 radical (unpaired) electrons. The average molecular weight is 564 g/mol. The molecule has 0 unspecified atom stereocenters. The molecule has 0 fully saturated rings. The molecule has 1 aliphatic rings. The molecule has 3 rings (SSSR count). The molecule has 37 heavy (non-hydrogen) atoms. The minimum absolute atomic E-state index is 0.0136. The van der Waals surface area contributed by atoms with Crippen LogP contribution in [0.3, 0.4) is 0 Å². The molecule has 0 bridgehead atoms. The first-order chi connectivity index (χ1) is 17.3. The molecule has 1 aromatic carbocycles. The molecule has 1 aromatic heterocycles. The fourth-order valence-corrected chi connectivity index (χ4v) is 4.47. The van der Waals surface area contributed by atoms with Gasteiger partial charge in [0.2, 0.25) is 5.91 Å². The largest absolute Gasteiger partial charge is 0.534 e. The summed E-state index contributed by atoms with van der Waals surface area (Å²) in [6.07, 6.45) is 5.39. The number of aromatic nitrogens is 1. The number of fused-ring (bicyclic) bond motifs is 1. The van der Waals surface area contributed by atoms with Crippen LogP contribution < -0.4 is 4.18 Å². The van der Waals surface area contributed by atoms with Crippen molar-refractivity contribution in [1.82, 2.24) is 14.8 Å². The van der Waals surface area contributed by atoms with Crippen molar-refractivity contribution >= 4 is 39.5 Å². The summed E-state index contributed by atoms with van der Waals surface area (Å²) >= 11 is 6.00. The highest BCUT2D eigenvalue weighted by Gasteiger charge is 2.48. The van der Waals surface area contributed by atoms with Gasteiger partial charge < -0.3 is 9.08 Å².